The third-order valence-electron chi connectivity index (χ3n) is 3.28. The van der Waals surface area contributed by atoms with Crippen LogP contribution in [0.1, 0.15) is 11.1 Å². The van der Waals surface area contributed by atoms with Crippen molar-refractivity contribution in [2.75, 3.05) is 19.4 Å². The van der Waals surface area contributed by atoms with Crippen LogP contribution in [0.5, 0.6) is 5.75 Å². The maximum atomic E-state index is 11.8. The van der Waals surface area contributed by atoms with Gasteiger partial charge in [-0.05, 0) is 29.3 Å². The second-order valence-corrected chi connectivity index (χ2v) is 5.14. The number of hydrogen-bond donors (Lipinski definition) is 2. The van der Waals surface area contributed by atoms with Gasteiger partial charge in [-0.1, -0.05) is 30.3 Å². The fourth-order valence-electron chi connectivity index (χ4n) is 1.98. The molecule has 0 heterocycles. The first kappa shape index (κ1) is 14.9. The molecular formula is C17H20N2O2. The van der Waals surface area contributed by atoms with Gasteiger partial charge in [-0.2, -0.15) is 0 Å². The zero-order valence-electron chi connectivity index (χ0n) is 12.3. The zero-order chi connectivity index (χ0) is 15.2. The summed E-state index contributed by atoms with van der Waals surface area (Å²) in [6.07, 6.45) is 0.381. The number of para-hydroxylation sites is 1. The highest BCUT2D eigenvalue weighted by Crippen LogP contribution is 2.18. The van der Waals surface area contributed by atoms with Gasteiger partial charge in [0.25, 0.3) is 0 Å². The number of carbonyl (C=O) groups excluding carboxylic acids is 1. The average molecular weight is 284 g/mol. The van der Waals surface area contributed by atoms with Crippen molar-refractivity contribution in [3.63, 3.8) is 0 Å². The van der Waals surface area contributed by atoms with E-state index in [9.17, 15) is 9.90 Å². The molecule has 0 atom stereocenters. The highest BCUT2D eigenvalue weighted by Gasteiger charge is 2.09. The monoisotopic (exact) mass is 284 g/mol. The van der Waals surface area contributed by atoms with Gasteiger partial charge in [0.1, 0.15) is 5.75 Å². The summed E-state index contributed by atoms with van der Waals surface area (Å²) in [7, 11) is 3.52. The molecule has 2 aromatic rings. The molecular weight excluding hydrogens is 264 g/mol. The lowest BCUT2D eigenvalue weighted by Gasteiger charge is -2.14. The standard InChI is InChI=1S/C17H20N2O2/c1-19(2)17(21)11-14-5-3-4-6-16(14)18-12-13-7-9-15(20)10-8-13/h3-10,18,20H,11-12H2,1-2H3. The zero-order valence-corrected chi connectivity index (χ0v) is 12.3. The Kier molecular flexibility index (Phi) is 4.82. The summed E-state index contributed by atoms with van der Waals surface area (Å²) in [5, 5.41) is 12.6. The number of anilines is 1. The summed E-state index contributed by atoms with van der Waals surface area (Å²) < 4.78 is 0. The second kappa shape index (κ2) is 6.79. The summed E-state index contributed by atoms with van der Waals surface area (Å²) in [6.45, 7) is 0.646. The highest BCUT2D eigenvalue weighted by atomic mass is 16.3. The minimum absolute atomic E-state index is 0.0777. The maximum Gasteiger partial charge on any atom is 0.226 e. The van der Waals surface area contributed by atoms with E-state index in [0.29, 0.717) is 13.0 Å². The van der Waals surface area contributed by atoms with E-state index >= 15 is 0 Å². The quantitative estimate of drug-likeness (QED) is 0.887. The minimum atomic E-state index is 0.0777. The Bertz CT molecular complexity index is 606. The van der Waals surface area contributed by atoms with Crippen LogP contribution in [-0.4, -0.2) is 30.0 Å². The first-order chi connectivity index (χ1) is 10.1. The molecule has 0 aliphatic rings. The topological polar surface area (TPSA) is 52.6 Å². The van der Waals surface area contributed by atoms with E-state index in [2.05, 4.69) is 5.32 Å². The van der Waals surface area contributed by atoms with Crippen molar-refractivity contribution >= 4 is 11.6 Å². The minimum Gasteiger partial charge on any atom is -0.508 e. The molecule has 2 N–H and O–H groups in total. The Hall–Kier alpha value is -2.49. The third kappa shape index (κ3) is 4.24. The van der Waals surface area contributed by atoms with Crippen LogP contribution in [-0.2, 0) is 17.8 Å². The molecule has 0 saturated carbocycles. The van der Waals surface area contributed by atoms with Crippen molar-refractivity contribution in [3.8, 4) is 5.75 Å². The molecule has 0 aliphatic carbocycles. The van der Waals surface area contributed by atoms with Crippen molar-refractivity contribution in [1.82, 2.24) is 4.90 Å². The lowest BCUT2D eigenvalue weighted by molar-refractivity contribution is -0.127. The number of likely N-dealkylation sites (N-methyl/N-ethyl adjacent to an activating group) is 1. The largest absolute Gasteiger partial charge is 0.508 e. The van der Waals surface area contributed by atoms with E-state index in [1.807, 2.05) is 36.4 Å². The Morgan fingerprint density at radius 2 is 1.76 bits per heavy atom. The van der Waals surface area contributed by atoms with E-state index in [1.54, 1.807) is 31.1 Å². The first-order valence-corrected chi connectivity index (χ1v) is 6.86. The number of nitrogens with zero attached hydrogens (tertiary/aromatic N) is 1. The molecule has 21 heavy (non-hydrogen) atoms. The summed E-state index contributed by atoms with van der Waals surface area (Å²) in [5.74, 6) is 0.338. The molecule has 110 valence electrons. The van der Waals surface area contributed by atoms with E-state index < -0.39 is 0 Å². The normalized spacial score (nSPS) is 10.2. The smallest absolute Gasteiger partial charge is 0.226 e. The van der Waals surface area contributed by atoms with Crippen molar-refractivity contribution in [2.45, 2.75) is 13.0 Å². The van der Waals surface area contributed by atoms with Crippen molar-refractivity contribution < 1.29 is 9.90 Å². The first-order valence-electron chi connectivity index (χ1n) is 6.86. The molecule has 2 aromatic carbocycles. The number of rotatable bonds is 5. The van der Waals surface area contributed by atoms with Gasteiger partial charge in [-0.3, -0.25) is 4.79 Å². The molecule has 4 heteroatoms. The predicted molar refractivity (Wildman–Crippen MR) is 84.3 cm³/mol. The molecule has 0 aliphatic heterocycles. The Labute approximate surface area is 125 Å². The van der Waals surface area contributed by atoms with Crippen molar-refractivity contribution in [2.24, 2.45) is 0 Å². The number of amides is 1. The van der Waals surface area contributed by atoms with Crippen LogP contribution in [0.4, 0.5) is 5.69 Å². The van der Waals surface area contributed by atoms with Gasteiger partial charge < -0.3 is 15.3 Å². The van der Waals surface area contributed by atoms with Gasteiger partial charge >= 0.3 is 0 Å². The summed E-state index contributed by atoms with van der Waals surface area (Å²) >= 11 is 0. The molecule has 1 amide bonds. The van der Waals surface area contributed by atoms with Gasteiger partial charge in [0.05, 0.1) is 6.42 Å². The summed E-state index contributed by atoms with van der Waals surface area (Å²) in [5.41, 5.74) is 3.01. The van der Waals surface area contributed by atoms with E-state index in [0.717, 1.165) is 16.8 Å². The fourth-order valence-corrected chi connectivity index (χ4v) is 1.98. The average Bonchev–Trinajstić information content (AvgIpc) is 2.48. The SMILES string of the molecule is CN(C)C(=O)Cc1ccccc1NCc1ccc(O)cc1. The molecule has 0 fully saturated rings. The number of phenolic OH excluding ortho intramolecular Hbond substituents is 1. The summed E-state index contributed by atoms with van der Waals surface area (Å²) in [4.78, 5) is 13.4. The van der Waals surface area contributed by atoms with Gasteiger partial charge in [-0.15, -0.1) is 0 Å². The number of phenols is 1. The van der Waals surface area contributed by atoms with Crippen molar-refractivity contribution in [1.29, 1.82) is 0 Å². The van der Waals surface area contributed by atoms with Crippen LogP contribution in [0.2, 0.25) is 0 Å². The Morgan fingerprint density at radius 3 is 2.43 bits per heavy atom. The molecule has 0 saturated heterocycles. The Morgan fingerprint density at radius 1 is 1.10 bits per heavy atom. The summed E-state index contributed by atoms with van der Waals surface area (Å²) in [6, 6.07) is 14.9. The molecule has 0 aromatic heterocycles. The van der Waals surface area contributed by atoms with Crippen LogP contribution in [0, 0.1) is 0 Å². The third-order valence-corrected chi connectivity index (χ3v) is 3.28. The number of carbonyl (C=O) groups is 1. The van der Waals surface area contributed by atoms with Gasteiger partial charge in [0.2, 0.25) is 5.91 Å². The molecule has 0 unspecified atom stereocenters. The predicted octanol–water partition coefficient (Wildman–Crippen LogP) is 2.64. The van der Waals surface area contributed by atoms with Crippen LogP contribution < -0.4 is 5.32 Å². The molecule has 2 rings (SSSR count). The number of nitrogens with one attached hydrogen (secondary N) is 1. The fraction of sp³-hybridized carbons (Fsp3) is 0.235. The maximum absolute atomic E-state index is 11.8. The molecule has 4 nitrogen and oxygen atoms in total. The van der Waals surface area contributed by atoms with E-state index in [1.165, 1.54) is 0 Å². The van der Waals surface area contributed by atoms with Gasteiger partial charge in [-0.25, -0.2) is 0 Å². The van der Waals surface area contributed by atoms with Gasteiger partial charge in [0.15, 0.2) is 0 Å². The van der Waals surface area contributed by atoms with E-state index in [4.69, 9.17) is 0 Å². The second-order valence-electron chi connectivity index (χ2n) is 5.14. The van der Waals surface area contributed by atoms with Crippen molar-refractivity contribution in [3.05, 3.63) is 59.7 Å². The highest BCUT2D eigenvalue weighted by molar-refractivity contribution is 5.80. The number of aromatic hydroxyl groups is 1. The molecule has 0 spiro atoms. The van der Waals surface area contributed by atoms with E-state index in [-0.39, 0.29) is 11.7 Å². The van der Waals surface area contributed by atoms with Crippen LogP contribution >= 0.6 is 0 Å². The lowest BCUT2D eigenvalue weighted by Crippen LogP contribution is -2.23. The lowest BCUT2D eigenvalue weighted by atomic mass is 10.1. The van der Waals surface area contributed by atoms with Crippen LogP contribution in [0.15, 0.2) is 48.5 Å². The number of hydrogen-bond acceptors (Lipinski definition) is 3. The molecule has 0 radical (unpaired) electrons. The number of benzene rings is 2. The van der Waals surface area contributed by atoms with Crippen LogP contribution in [0.3, 0.4) is 0 Å². The Balaban J connectivity index is 2.06. The molecule has 0 bridgehead atoms. The van der Waals surface area contributed by atoms with Crippen LogP contribution in [0.25, 0.3) is 0 Å². The van der Waals surface area contributed by atoms with Gasteiger partial charge in [0, 0.05) is 26.3 Å².